The third-order valence-corrected chi connectivity index (χ3v) is 4.60. The monoisotopic (exact) mass is 223 g/mol. The summed E-state index contributed by atoms with van der Waals surface area (Å²) in [5.41, 5.74) is 0.874. The first-order valence-corrected chi connectivity index (χ1v) is 6.57. The van der Waals surface area contributed by atoms with Crippen LogP contribution in [0.4, 0.5) is 0 Å². The SMILES string of the molecule is O=S(=O)(Cl)c1cc(C2CC2)ns1. The molecule has 0 bridgehead atoms. The molecule has 1 aliphatic rings. The van der Waals surface area contributed by atoms with Crippen LogP contribution in [-0.2, 0) is 9.05 Å². The highest BCUT2D eigenvalue weighted by molar-refractivity contribution is 8.15. The third-order valence-electron chi connectivity index (χ3n) is 1.74. The van der Waals surface area contributed by atoms with Crippen LogP contribution in [-0.4, -0.2) is 12.8 Å². The largest absolute Gasteiger partial charge is 0.272 e. The van der Waals surface area contributed by atoms with E-state index in [2.05, 4.69) is 4.37 Å². The lowest BCUT2D eigenvalue weighted by atomic mass is 10.3. The van der Waals surface area contributed by atoms with Crippen LogP contribution in [0.2, 0.25) is 0 Å². The molecule has 0 spiro atoms. The number of nitrogens with zero attached hydrogens (tertiary/aromatic N) is 1. The van der Waals surface area contributed by atoms with Crippen LogP contribution in [0.1, 0.15) is 24.5 Å². The third kappa shape index (κ3) is 1.62. The highest BCUT2D eigenvalue weighted by atomic mass is 35.7. The van der Waals surface area contributed by atoms with Crippen molar-refractivity contribution >= 4 is 31.3 Å². The summed E-state index contributed by atoms with van der Waals surface area (Å²) in [5.74, 6) is 0.480. The van der Waals surface area contributed by atoms with Crippen molar-refractivity contribution in [3.63, 3.8) is 0 Å². The standard InChI is InChI=1S/C6H6ClNO2S2/c7-12(9,10)6-3-5(8-11-6)4-1-2-4/h3-4H,1-2H2. The first-order valence-electron chi connectivity index (χ1n) is 3.48. The van der Waals surface area contributed by atoms with Gasteiger partial charge in [-0.2, -0.15) is 4.37 Å². The molecule has 1 aromatic rings. The first-order chi connectivity index (χ1) is 5.57. The molecule has 0 aliphatic heterocycles. The van der Waals surface area contributed by atoms with Crippen molar-refractivity contribution in [3.05, 3.63) is 11.8 Å². The van der Waals surface area contributed by atoms with Gasteiger partial charge in [0.05, 0.1) is 5.69 Å². The minimum absolute atomic E-state index is 0.158. The van der Waals surface area contributed by atoms with Gasteiger partial charge >= 0.3 is 0 Å². The van der Waals surface area contributed by atoms with Gasteiger partial charge in [0, 0.05) is 16.6 Å². The fourth-order valence-electron chi connectivity index (χ4n) is 0.958. The Labute approximate surface area is 79.0 Å². The molecule has 1 aliphatic carbocycles. The van der Waals surface area contributed by atoms with E-state index >= 15 is 0 Å². The molecule has 0 aromatic carbocycles. The van der Waals surface area contributed by atoms with Crippen LogP contribution < -0.4 is 0 Å². The van der Waals surface area contributed by atoms with Crippen molar-refractivity contribution in [1.82, 2.24) is 4.37 Å². The second-order valence-electron chi connectivity index (χ2n) is 2.78. The van der Waals surface area contributed by atoms with Gasteiger partial charge in [-0.25, -0.2) is 8.42 Å². The van der Waals surface area contributed by atoms with Crippen LogP contribution in [0, 0.1) is 0 Å². The van der Waals surface area contributed by atoms with Gasteiger partial charge < -0.3 is 0 Å². The second kappa shape index (κ2) is 2.68. The molecule has 0 saturated heterocycles. The molecule has 0 N–H and O–H groups in total. The Morgan fingerprint density at radius 1 is 1.58 bits per heavy atom. The van der Waals surface area contributed by atoms with Gasteiger partial charge in [-0.1, -0.05) is 0 Å². The Morgan fingerprint density at radius 3 is 2.67 bits per heavy atom. The maximum absolute atomic E-state index is 10.8. The summed E-state index contributed by atoms with van der Waals surface area (Å²) in [7, 11) is 1.58. The number of hydrogen-bond acceptors (Lipinski definition) is 4. The van der Waals surface area contributed by atoms with Crippen LogP contribution in [0.15, 0.2) is 10.3 Å². The zero-order chi connectivity index (χ0) is 8.77. The summed E-state index contributed by atoms with van der Waals surface area (Å²) in [6, 6.07) is 1.57. The zero-order valence-electron chi connectivity index (χ0n) is 6.03. The molecule has 6 heteroatoms. The number of halogens is 1. The van der Waals surface area contributed by atoms with E-state index in [0.717, 1.165) is 30.1 Å². The van der Waals surface area contributed by atoms with Crippen molar-refractivity contribution < 1.29 is 8.42 Å². The fourth-order valence-corrected chi connectivity index (χ4v) is 2.64. The molecule has 1 fully saturated rings. The van der Waals surface area contributed by atoms with Gasteiger partial charge in [-0.3, -0.25) is 0 Å². The molecule has 1 heterocycles. The van der Waals surface area contributed by atoms with Gasteiger partial charge in [0.1, 0.15) is 0 Å². The Morgan fingerprint density at radius 2 is 2.25 bits per heavy atom. The molecule has 1 aromatic heterocycles. The molecule has 66 valence electrons. The van der Waals surface area contributed by atoms with E-state index in [0.29, 0.717) is 5.92 Å². The minimum atomic E-state index is -3.56. The smallest absolute Gasteiger partial charge is 0.206 e. The molecular formula is C6H6ClNO2S2. The average molecular weight is 224 g/mol. The highest BCUT2D eigenvalue weighted by Crippen LogP contribution is 2.41. The van der Waals surface area contributed by atoms with Crippen molar-refractivity contribution in [2.75, 3.05) is 0 Å². The summed E-state index contributed by atoms with van der Waals surface area (Å²) in [4.78, 5) is 0. The summed E-state index contributed by atoms with van der Waals surface area (Å²) in [6.07, 6.45) is 2.23. The Kier molecular flexibility index (Phi) is 1.89. The lowest BCUT2D eigenvalue weighted by Gasteiger charge is -1.84. The second-order valence-corrected chi connectivity index (χ2v) is 6.38. The lowest BCUT2D eigenvalue weighted by Crippen LogP contribution is -1.84. The van der Waals surface area contributed by atoms with Crippen molar-refractivity contribution in [1.29, 1.82) is 0 Å². The highest BCUT2D eigenvalue weighted by Gasteiger charge is 2.27. The summed E-state index contributed by atoms with van der Waals surface area (Å²) in [6.45, 7) is 0. The summed E-state index contributed by atoms with van der Waals surface area (Å²) in [5, 5.41) is 0. The number of rotatable bonds is 2. The van der Waals surface area contributed by atoms with Crippen LogP contribution in [0.5, 0.6) is 0 Å². The van der Waals surface area contributed by atoms with Crippen LogP contribution >= 0.6 is 22.2 Å². The predicted molar refractivity (Wildman–Crippen MR) is 47.1 cm³/mol. The molecule has 0 atom stereocenters. The molecule has 2 rings (SSSR count). The lowest BCUT2D eigenvalue weighted by molar-refractivity contribution is 0.611. The van der Waals surface area contributed by atoms with Gasteiger partial charge in [0.2, 0.25) is 0 Å². The summed E-state index contributed by atoms with van der Waals surface area (Å²) < 4.78 is 25.8. The van der Waals surface area contributed by atoms with Crippen molar-refractivity contribution in [2.45, 2.75) is 23.0 Å². The Hall–Kier alpha value is -0.130. The van der Waals surface area contributed by atoms with E-state index in [1.54, 1.807) is 6.07 Å². The fraction of sp³-hybridized carbons (Fsp3) is 0.500. The zero-order valence-corrected chi connectivity index (χ0v) is 8.42. The van der Waals surface area contributed by atoms with E-state index in [1.807, 2.05) is 0 Å². The maximum atomic E-state index is 10.8. The van der Waals surface area contributed by atoms with Crippen molar-refractivity contribution in [3.8, 4) is 0 Å². The number of aromatic nitrogens is 1. The van der Waals surface area contributed by atoms with Crippen LogP contribution in [0.25, 0.3) is 0 Å². The van der Waals surface area contributed by atoms with Crippen molar-refractivity contribution in [2.24, 2.45) is 0 Å². The average Bonchev–Trinajstić information content (AvgIpc) is 2.66. The topological polar surface area (TPSA) is 47.0 Å². The Balaban J connectivity index is 2.35. The molecule has 1 saturated carbocycles. The van der Waals surface area contributed by atoms with E-state index in [9.17, 15) is 8.42 Å². The van der Waals surface area contributed by atoms with Gasteiger partial charge in [0.25, 0.3) is 9.05 Å². The van der Waals surface area contributed by atoms with E-state index in [-0.39, 0.29) is 4.21 Å². The van der Waals surface area contributed by atoms with Gasteiger partial charge in [0.15, 0.2) is 4.21 Å². The quantitative estimate of drug-likeness (QED) is 0.720. The number of hydrogen-bond donors (Lipinski definition) is 0. The van der Waals surface area contributed by atoms with E-state index in [4.69, 9.17) is 10.7 Å². The molecule has 0 radical (unpaired) electrons. The maximum Gasteiger partial charge on any atom is 0.272 e. The molecule has 3 nitrogen and oxygen atoms in total. The van der Waals surface area contributed by atoms with Gasteiger partial charge in [-0.05, 0) is 30.4 Å². The molecule has 0 amide bonds. The molecular weight excluding hydrogens is 218 g/mol. The normalized spacial score (nSPS) is 18.1. The molecule has 0 unspecified atom stereocenters. The minimum Gasteiger partial charge on any atom is -0.206 e. The molecule has 12 heavy (non-hydrogen) atoms. The van der Waals surface area contributed by atoms with Gasteiger partial charge in [-0.15, -0.1) is 0 Å². The van der Waals surface area contributed by atoms with E-state index < -0.39 is 9.05 Å². The first kappa shape index (κ1) is 8.47. The Bertz CT molecular complexity index is 393. The van der Waals surface area contributed by atoms with Crippen LogP contribution in [0.3, 0.4) is 0 Å². The summed E-state index contributed by atoms with van der Waals surface area (Å²) >= 11 is 0.955. The van der Waals surface area contributed by atoms with E-state index in [1.165, 1.54) is 0 Å². The predicted octanol–water partition coefficient (Wildman–Crippen LogP) is 1.95.